The van der Waals surface area contributed by atoms with Crippen LogP contribution < -0.4 is 5.32 Å². The van der Waals surface area contributed by atoms with E-state index in [2.05, 4.69) is 10.4 Å². The minimum atomic E-state index is -4.49. The van der Waals surface area contributed by atoms with Gasteiger partial charge in [-0.3, -0.25) is 0 Å². The summed E-state index contributed by atoms with van der Waals surface area (Å²) in [6, 6.07) is 2.29. The van der Waals surface area contributed by atoms with Crippen LogP contribution in [0.3, 0.4) is 0 Å². The number of fused-ring (bicyclic) bond motifs is 1. The van der Waals surface area contributed by atoms with Crippen molar-refractivity contribution >= 4 is 23.1 Å². The van der Waals surface area contributed by atoms with Crippen LogP contribution in [0.25, 0.3) is 0 Å². The Morgan fingerprint density at radius 3 is 2.86 bits per heavy atom. The van der Waals surface area contributed by atoms with Crippen molar-refractivity contribution in [1.82, 2.24) is 9.78 Å². The molecule has 112 valence electrons. The van der Waals surface area contributed by atoms with Gasteiger partial charge in [-0.1, -0.05) is 6.07 Å². The van der Waals surface area contributed by atoms with Crippen molar-refractivity contribution in [2.75, 3.05) is 5.32 Å². The van der Waals surface area contributed by atoms with E-state index < -0.39 is 29.9 Å². The molecule has 0 fully saturated rings. The van der Waals surface area contributed by atoms with Gasteiger partial charge >= 0.3 is 12.1 Å². The van der Waals surface area contributed by atoms with Crippen LogP contribution in [-0.4, -0.2) is 27.0 Å². The molecule has 0 unspecified atom stereocenters. The van der Waals surface area contributed by atoms with Crippen molar-refractivity contribution in [1.29, 1.82) is 0 Å². The smallest absolute Gasteiger partial charge is 0.410 e. The number of hydrogen-bond donors (Lipinski definition) is 2. The number of carboxylic acid groups (broad SMARTS) is 1. The number of aromatic nitrogens is 2. The van der Waals surface area contributed by atoms with Gasteiger partial charge in [-0.25, -0.2) is 9.48 Å². The van der Waals surface area contributed by atoms with Crippen LogP contribution in [0.15, 0.2) is 23.6 Å². The number of alkyl halides is 3. The summed E-state index contributed by atoms with van der Waals surface area (Å²) in [7, 11) is 0. The molecule has 0 bridgehead atoms. The molecule has 3 heterocycles. The Balaban J connectivity index is 2.03. The topological polar surface area (TPSA) is 67.1 Å². The zero-order valence-electron chi connectivity index (χ0n) is 10.5. The Morgan fingerprint density at radius 2 is 2.29 bits per heavy atom. The van der Waals surface area contributed by atoms with Gasteiger partial charge < -0.3 is 10.4 Å². The Bertz CT molecular complexity index is 666. The van der Waals surface area contributed by atoms with Gasteiger partial charge in [0.15, 0.2) is 11.7 Å². The van der Waals surface area contributed by atoms with E-state index in [1.807, 2.05) is 0 Å². The number of anilines is 1. The van der Waals surface area contributed by atoms with Crippen molar-refractivity contribution < 1.29 is 23.1 Å². The molecule has 2 aromatic rings. The minimum absolute atomic E-state index is 0.0689. The summed E-state index contributed by atoms with van der Waals surface area (Å²) < 4.78 is 40.4. The van der Waals surface area contributed by atoms with Gasteiger partial charge in [0.25, 0.3) is 0 Å². The third-order valence-electron chi connectivity index (χ3n) is 3.30. The number of nitrogens with one attached hydrogen (secondary N) is 1. The average molecular weight is 317 g/mol. The summed E-state index contributed by atoms with van der Waals surface area (Å²) in [5.41, 5.74) is -0.404. The highest BCUT2D eigenvalue weighted by molar-refractivity contribution is 7.10. The van der Waals surface area contributed by atoms with Gasteiger partial charge in [0.2, 0.25) is 0 Å². The third-order valence-corrected chi connectivity index (χ3v) is 4.28. The summed E-state index contributed by atoms with van der Waals surface area (Å²) in [5, 5.41) is 17.2. The summed E-state index contributed by atoms with van der Waals surface area (Å²) >= 11 is 1.35. The van der Waals surface area contributed by atoms with Crippen molar-refractivity contribution in [3.8, 4) is 0 Å². The molecule has 0 spiro atoms. The Kier molecular flexibility index (Phi) is 3.16. The van der Waals surface area contributed by atoms with Crippen LogP contribution in [0.4, 0.5) is 19.0 Å². The van der Waals surface area contributed by atoms with Crippen LogP contribution >= 0.6 is 11.3 Å². The standard InChI is InChI=1S/C12H10F3N3O2S/c13-12(14,15)9-4-6(8-2-1-3-21-8)16-10-5-7(11(19)20)17-18(9)10/h1-3,5-6,9,16H,4H2,(H,19,20)/t6-,9+/m1/s1. The van der Waals surface area contributed by atoms with Crippen LogP contribution in [0.2, 0.25) is 0 Å². The first kappa shape index (κ1) is 13.9. The second-order valence-corrected chi connectivity index (χ2v) is 5.65. The van der Waals surface area contributed by atoms with Gasteiger partial charge in [-0.2, -0.15) is 18.3 Å². The maximum atomic E-state index is 13.2. The Hall–Kier alpha value is -2.03. The first-order chi connectivity index (χ1) is 9.86. The summed E-state index contributed by atoms with van der Waals surface area (Å²) in [6.07, 6.45) is -4.72. The molecule has 0 amide bonds. The lowest BCUT2D eigenvalue weighted by Crippen LogP contribution is -2.35. The molecule has 1 aliphatic rings. The molecule has 2 aromatic heterocycles. The molecule has 21 heavy (non-hydrogen) atoms. The Morgan fingerprint density at radius 1 is 1.52 bits per heavy atom. The normalized spacial score (nSPS) is 21.7. The fraction of sp³-hybridized carbons (Fsp3) is 0.333. The first-order valence-corrected chi connectivity index (χ1v) is 6.93. The van der Waals surface area contributed by atoms with Gasteiger partial charge in [0.1, 0.15) is 5.82 Å². The number of hydrogen-bond acceptors (Lipinski definition) is 4. The van der Waals surface area contributed by atoms with Crippen molar-refractivity contribution in [3.05, 3.63) is 34.2 Å². The molecule has 0 aromatic carbocycles. The number of nitrogens with zero attached hydrogens (tertiary/aromatic N) is 2. The molecule has 0 radical (unpaired) electrons. The lowest BCUT2D eigenvalue weighted by atomic mass is 10.0. The lowest BCUT2D eigenvalue weighted by molar-refractivity contribution is -0.173. The molecule has 0 aliphatic carbocycles. The van der Waals surface area contributed by atoms with E-state index in [0.717, 1.165) is 10.9 Å². The fourth-order valence-corrected chi connectivity index (χ4v) is 3.14. The van der Waals surface area contributed by atoms with E-state index in [4.69, 9.17) is 5.11 Å². The minimum Gasteiger partial charge on any atom is -0.476 e. The second kappa shape index (κ2) is 4.76. The number of rotatable bonds is 2. The average Bonchev–Trinajstić information content (AvgIpc) is 3.05. The monoisotopic (exact) mass is 317 g/mol. The van der Waals surface area contributed by atoms with Gasteiger partial charge in [-0.15, -0.1) is 11.3 Å². The molecule has 2 N–H and O–H groups in total. The van der Waals surface area contributed by atoms with Gasteiger partial charge in [-0.05, 0) is 11.4 Å². The van der Waals surface area contributed by atoms with Crippen LogP contribution in [0.1, 0.15) is 33.9 Å². The third kappa shape index (κ3) is 2.48. The van der Waals surface area contributed by atoms with E-state index >= 15 is 0 Å². The van der Waals surface area contributed by atoms with E-state index in [1.54, 1.807) is 17.5 Å². The maximum absolute atomic E-state index is 13.2. The van der Waals surface area contributed by atoms with E-state index in [-0.39, 0.29) is 12.2 Å². The van der Waals surface area contributed by atoms with E-state index in [9.17, 15) is 18.0 Å². The van der Waals surface area contributed by atoms with E-state index in [0.29, 0.717) is 4.68 Å². The maximum Gasteiger partial charge on any atom is 0.410 e. The van der Waals surface area contributed by atoms with Crippen molar-refractivity contribution in [3.63, 3.8) is 0 Å². The molecule has 0 saturated heterocycles. The van der Waals surface area contributed by atoms with Crippen molar-refractivity contribution in [2.24, 2.45) is 0 Å². The predicted molar refractivity (Wildman–Crippen MR) is 69.6 cm³/mol. The van der Waals surface area contributed by atoms with Crippen LogP contribution in [0.5, 0.6) is 0 Å². The number of carbonyl (C=O) groups is 1. The predicted octanol–water partition coefficient (Wildman–Crippen LogP) is 3.30. The number of halogens is 3. The molecule has 5 nitrogen and oxygen atoms in total. The molecule has 0 saturated carbocycles. The van der Waals surface area contributed by atoms with Gasteiger partial charge in [0.05, 0.1) is 6.04 Å². The van der Waals surface area contributed by atoms with Gasteiger partial charge in [0, 0.05) is 17.4 Å². The highest BCUT2D eigenvalue weighted by atomic mass is 32.1. The number of carboxylic acids is 1. The highest BCUT2D eigenvalue weighted by Crippen LogP contribution is 2.44. The molecule has 9 heteroatoms. The number of thiophene rings is 1. The molecular formula is C12H10F3N3O2S. The summed E-state index contributed by atoms with van der Waals surface area (Å²) in [6.45, 7) is 0. The zero-order chi connectivity index (χ0) is 15.2. The van der Waals surface area contributed by atoms with Crippen LogP contribution in [-0.2, 0) is 0 Å². The van der Waals surface area contributed by atoms with Crippen LogP contribution in [0, 0.1) is 0 Å². The van der Waals surface area contributed by atoms with Crippen molar-refractivity contribution in [2.45, 2.75) is 24.7 Å². The molecule has 1 aliphatic heterocycles. The molecule has 2 atom stereocenters. The lowest BCUT2D eigenvalue weighted by Gasteiger charge is -2.32. The Labute approximate surface area is 121 Å². The molecule has 3 rings (SSSR count). The SMILES string of the molecule is O=C(O)c1cc2n(n1)[C@H](C(F)(F)F)C[C@H](c1cccs1)N2. The fourth-order valence-electron chi connectivity index (χ4n) is 2.35. The summed E-state index contributed by atoms with van der Waals surface area (Å²) in [4.78, 5) is 11.7. The second-order valence-electron chi connectivity index (χ2n) is 4.67. The number of aromatic carboxylic acids is 1. The summed E-state index contributed by atoms with van der Waals surface area (Å²) in [5.74, 6) is -1.29. The first-order valence-electron chi connectivity index (χ1n) is 6.06. The quantitative estimate of drug-likeness (QED) is 0.892. The largest absolute Gasteiger partial charge is 0.476 e. The molecular weight excluding hydrogens is 307 g/mol. The highest BCUT2D eigenvalue weighted by Gasteiger charge is 2.47. The van der Waals surface area contributed by atoms with E-state index in [1.165, 1.54) is 11.3 Å². The zero-order valence-corrected chi connectivity index (χ0v) is 11.3.